The van der Waals surface area contributed by atoms with Crippen LogP contribution in [0.15, 0.2) is 47.3 Å². The highest BCUT2D eigenvalue weighted by Gasteiger charge is 2.32. The van der Waals surface area contributed by atoms with Gasteiger partial charge in [-0.3, -0.25) is 14.2 Å². The maximum absolute atomic E-state index is 14.7. The highest BCUT2D eigenvalue weighted by molar-refractivity contribution is 5.95. The molecule has 10 nitrogen and oxygen atoms in total. The number of aromatic amines is 1. The van der Waals surface area contributed by atoms with Gasteiger partial charge in [-0.25, -0.2) is 14.3 Å². The Bertz CT molecular complexity index is 1510. The number of rotatable bonds is 4. The zero-order chi connectivity index (χ0) is 24.0. The number of nitrogens with one attached hydrogen (secondary N) is 1. The molecule has 5 rings (SSSR count). The van der Waals surface area contributed by atoms with Crippen molar-refractivity contribution in [2.24, 2.45) is 0 Å². The maximum Gasteiger partial charge on any atom is 0.374 e. The van der Waals surface area contributed by atoms with Gasteiger partial charge in [0.15, 0.2) is 5.82 Å². The number of nitrogens with zero attached hydrogens (tertiary/aromatic N) is 5. The van der Waals surface area contributed by atoms with Crippen LogP contribution in [0.25, 0.3) is 10.8 Å². The minimum absolute atomic E-state index is 0.0131. The van der Waals surface area contributed by atoms with Crippen molar-refractivity contribution in [3.8, 4) is 0 Å². The van der Waals surface area contributed by atoms with Crippen molar-refractivity contribution >= 4 is 22.6 Å². The molecule has 1 aliphatic heterocycles. The Balaban J connectivity index is 1.44. The number of fused-ring (bicyclic) bond motifs is 2. The summed E-state index contributed by atoms with van der Waals surface area (Å²) in [6, 6.07) is 10.9. The molecule has 1 unspecified atom stereocenters. The summed E-state index contributed by atoms with van der Waals surface area (Å²) in [5.74, 6) is -2.27. The molecule has 1 aliphatic rings. The lowest BCUT2D eigenvalue weighted by atomic mass is 10.0. The van der Waals surface area contributed by atoms with Crippen LogP contribution in [0.2, 0.25) is 0 Å². The van der Waals surface area contributed by atoms with E-state index < -0.39 is 23.7 Å². The monoisotopic (exact) mass is 462 g/mol. The van der Waals surface area contributed by atoms with E-state index in [1.165, 1.54) is 21.6 Å². The molecule has 2 N–H and O–H groups in total. The van der Waals surface area contributed by atoms with E-state index in [2.05, 4.69) is 20.4 Å². The first kappa shape index (κ1) is 21.4. The minimum Gasteiger partial charge on any atom is -0.475 e. The highest BCUT2D eigenvalue weighted by Crippen LogP contribution is 2.25. The van der Waals surface area contributed by atoms with Crippen molar-refractivity contribution in [3.63, 3.8) is 0 Å². The molecule has 34 heavy (non-hydrogen) atoms. The summed E-state index contributed by atoms with van der Waals surface area (Å²) in [5.41, 5.74) is 0.842. The van der Waals surface area contributed by atoms with Crippen LogP contribution in [0.4, 0.5) is 4.39 Å². The molecule has 0 radical (unpaired) electrons. The Labute approximate surface area is 191 Å². The van der Waals surface area contributed by atoms with E-state index in [4.69, 9.17) is 0 Å². The first-order chi connectivity index (χ1) is 16.3. The number of amides is 1. The number of benzene rings is 2. The Hall–Kier alpha value is -4.41. The van der Waals surface area contributed by atoms with Crippen LogP contribution in [0.3, 0.4) is 0 Å². The number of aromatic nitrogens is 5. The average molecular weight is 462 g/mol. The van der Waals surface area contributed by atoms with Gasteiger partial charge in [-0.1, -0.05) is 24.3 Å². The number of hydrogen-bond acceptors (Lipinski definition) is 6. The molecular formula is C23H19FN6O4. The summed E-state index contributed by atoms with van der Waals surface area (Å²) in [4.78, 5) is 38.1. The van der Waals surface area contributed by atoms with E-state index in [0.717, 1.165) is 0 Å². The topological polar surface area (TPSA) is 134 Å². The Morgan fingerprint density at radius 2 is 1.94 bits per heavy atom. The third-order valence-electron chi connectivity index (χ3n) is 5.91. The molecule has 0 fully saturated rings. The molecule has 0 spiro atoms. The van der Waals surface area contributed by atoms with Gasteiger partial charge in [0.2, 0.25) is 5.82 Å². The number of carboxylic acid groups (broad SMARTS) is 1. The molecule has 0 saturated heterocycles. The van der Waals surface area contributed by atoms with Gasteiger partial charge in [0.25, 0.3) is 11.5 Å². The zero-order valence-electron chi connectivity index (χ0n) is 18.0. The smallest absolute Gasteiger partial charge is 0.374 e. The van der Waals surface area contributed by atoms with Gasteiger partial charge in [0.1, 0.15) is 5.82 Å². The van der Waals surface area contributed by atoms with E-state index >= 15 is 0 Å². The Kier molecular flexibility index (Phi) is 5.16. The molecule has 3 heterocycles. The van der Waals surface area contributed by atoms with Crippen molar-refractivity contribution in [3.05, 3.63) is 87.1 Å². The van der Waals surface area contributed by atoms with E-state index in [1.54, 1.807) is 37.3 Å². The fraction of sp³-hybridized carbons (Fsp3) is 0.217. The quantitative estimate of drug-likeness (QED) is 0.475. The molecule has 11 heteroatoms. The van der Waals surface area contributed by atoms with E-state index in [9.17, 15) is 23.9 Å². The van der Waals surface area contributed by atoms with Crippen LogP contribution in [0.5, 0.6) is 0 Å². The van der Waals surface area contributed by atoms with E-state index in [-0.39, 0.29) is 36.5 Å². The number of aromatic carboxylic acids is 1. The van der Waals surface area contributed by atoms with Gasteiger partial charge in [0.05, 0.1) is 29.2 Å². The number of carboxylic acids is 1. The first-order valence-electron chi connectivity index (χ1n) is 10.5. The van der Waals surface area contributed by atoms with Crippen molar-refractivity contribution in [1.29, 1.82) is 0 Å². The summed E-state index contributed by atoms with van der Waals surface area (Å²) >= 11 is 0. The molecule has 172 valence electrons. The first-order valence-corrected chi connectivity index (χ1v) is 10.5. The molecule has 2 aromatic carbocycles. The molecular weight excluding hydrogens is 443 g/mol. The standard InChI is InChI=1S/C23H19FN6O4/c1-12-10-29(11-19-26-27-20(23(33)34)30(12)19)22(32)16-8-13(6-7-17(16)24)9-18-14-4-2-3-5-15(14)21(31)28-25-18/h2-8,12H,9-11H2,1H3,(H,28,31)(H,33,34). The summed E-state index contributed by atoms with van der Waals surface area (Å²) in [6.07, 6.45) is 0.282. The summed E-state index contributed by atoms with van der Waals surface area (Å²) in [7, 11) is 0. The van der Waals surface area contributed by atoms with Crippen LogP contribution < -0.4 is 5.56 Å². The number of carbonyl (C=O) groups is 2. The molecule has 2 aromatic heterocycles. The number of carbonyl (C=O) groups excluding carboxylic acids is 1. The fourth-order valence-corrected chi connectivity index (χ4v) is 4.35. The van der Waals surface area contributed by atoms with Gasteiger partial charge in [-0.05, 0) is 30.7 Å². The van der Waals surface area contributed by atoms with Crippen LogP contribution in [-0.4, -0.2) is 53.4 Å². The largest absolute Gasteiger partial charge is 0.475 e. The number of halogens is 1. The van der Waals surface area contributed by atoms with Crippen LogP contribution in [0.1, 0.15) is 51.0 Å². The second kappa shape index (κ2) is 8.18. The van der Waals surface area contributed by atoms with Crippen molar-refractivity contribution < 1.29 is 19.1 Å². The van der Waals surface area contributed by atoms with E-state index in [1.807, 2.05) is 0 Å². The number of hydrogen-bond donors (Lipinski definition) is 2. The SMILES string of the molecule is CC1CN(C(=O)c2cc(Cc3n[nH]c(=O)c4ccccc34)ccc2F)Cc2nnc(C(=O)O)n21. The van der Waals surface area contributed by atoms with Crippen molar-refractivity contribution in [2.45, 2.75) is 25.9 Å². The Morgan fingerprint density at radius 1 is 1.18 bits per heavy atom. The summed E-state index contributed by atoms with van der Waals surface area (Å²) < 4.78 is 16.2. The second-order valence-electron chi connectivity index (χ2n) is 8.19. The third kappa shape index (κ3) is 3.60. The predicted octanol–water partition coefficient (Wildman–Crippen LogP) is 2.16. The van der Waals surface area contributed by atoms with Crippen molar-refractivity contribution in [1.82, 2.24) is 29.9 Å². The maximum atomic E-state index is 14.7. The van der Waals surface area contributed by atoms with Crippen molar-refractivity contribution in [2.75, 3.05) is 6.54 Å². The molecule has 1 amide bonds. The van der Waals surface area contributed by atoms with Gasteiger partial charge in [-0.15, -0.1) is 10.2 Å². The van der Waals surface area contributed by atoms with Crippen LogP contribution in [0, 0.1) is 5.82 Å². The third-order valence-corrected chi connectivity index (χ3v) is 5.91. The summed E-state index contributed by atoms with van der Waals surface area (Å²) in [5, 5.41) is 24.7. The highest BCUT2D eigenvalue weighted by atomic mass is 19.1. The summed E-state index contributed by atoms with van der Waals surface area (Å²) in [6.45, 7) is 1.94. The lowest BCUT2D eigenvalue weighted by molar-refractivity contribution is 0.0645. The Morgan fingerprint density at radius 3 is 2.71 bits per heavy atom. The molecule has 1 atom stereocenters. The van der Waals surface area contributed by atoms with Gasteiger partial charge in [-0.2, -0.15) is 5.10 Å². The molecule has 0 bridgehead atoms. The lowest BCUT2D eigenvalue weighted by Gasteiger charge is -2.32. The zero-order valence-corrected chi connectivity index (χ0v) is 18.0. The molecule has 0 saturated carbocycles. The van der Waals surface area contributed by atoms with Crippen LogP contribution >= 0.6 is 0 Å². The normalized spacial score (nSPS) is 15.4. The van der Waals surface area contributed by atoms with Gasteiger partial charge in [0, 0.05) is 18.4 Å². The van der Waals surface area contributed by atoms with Gasteiger partial charge < -0.3 is 10.0 Å². The predicted molar refractivity (Wildman–Crippen MR) is 118 cm³/mol. The lowest BCUT2D eigenvalue weighted by Crippen LogP contribution is -2.41. The van der Waals surface area contributed by atoms with E-state index in [0.29, 0.717) is 27.9 Å². The average Bonchev–Trinajstić information content (AvgIpc) is 3.27. The second-order valence-corrected chi connectivity index (χ2v) is 8.19. The molecule has 4 aromatic rings. The minimum atomic E-state index is -1.20. The number of H-pyrrole nitrogens is 1. The van der Waals surface area contributed by atoms with Gasteiger partial charge >= 0.3 is 5.97 Å². The molecule has 0 aliphatic carbocycles. The van der Waals surface area contributed by atoms with Crippen LogP contribution in [-0.2, 0) is 13.0 Å². The fourth-order valence-electron chi connectivity index (χ4n) is 4.35.